The van der Waals surface area contributed by atoms with E-state index >= 15 is 0 Å². The topological polar surface area (TPSA) is 29.1 Å². The van der Waals surface area contributed by atoms with Gasteiger partial charge in [-0.15, -0.1) is 0 Å². The van der Waals surface area contributed by atoms with Gasteiger partial charge in [-0.05, 0) is 45.0 Å². The van der Waals surface area contributed by atoms with Crippen molar-refractivity contribution in [2.24, 2.45) is 0 Å². The molecule has 1 N–H and O–H groups in total. The zero-order chi connectivity index (χ0) is 11.8. The van der Waals surface area contributed by atoms with E-state index in [0.717, 1.165) is 36.6 Å². The molecule has 1 aromatic carbocycles. The molecule has 1 atom stereocenters. The summed E-state index contributed by atoms with van der Waals surface area (Å²) in [5.74, 6) is 0.750. The third-order valence-corrected chi connectivity index (χ3v) is 3.85. The van der Waals surface area contributed by atoms with Crippen molar-refractivity contribution >= 4 is 10.8 Å². The first kappa shape index (κ1) is 13.4. The highest BCUT2D eigenvalue weighted by molar-refractivity contribution is 7.85. The van der Waals surface area contributed by atoms with Gasteiger partial charge in [-0.1, -0.05) is 24.6 Å². The fraction of sp³-hybridized carbons (Fsp3) is 0.538. The maximum absolute atomic E-state index is 11.9. The zero-order valence-electron chi connectivity index (χ0n) is 10.2. The summed E-state index contributed by atoms with van der Waals surface area (Å²) in [6, 6.07) is 7.96. The molecule has 1 aromatic rings. The van der Waals surface area contributed by atoms with Crippen LogP contribution in [-0.2, 0) is 10.8 Å². The fourth-order valence-electron chi connectivity index (χ4n) is 1.44. The summed E-state index contributed by atoms with van der Waals surface area (Å²) in [5, 5.41) is 3.32. The molecule has 0 aliphatic heterocycles. The Labute approximate surface area is 101 Å². The Morgan fingerprint density at radius 1 is 1.19 bits per heavy atom. The van der Waals surface area contributed by atoms with Gasteiger partial charge in [0, 0.05) is 10.6 Å². The monoisotopic (exact) mass is 239 g/mol. The smallest absolute Gasteiger partial charge is 0.0529 e. The summed E-state index contributed by atoms with van der Waals surface area (Å²) in [6.45, 7) is 6.21. The van der Waals surface area contributed by atoms with E-state index in [4.69, 9.17) is 0 Å². The van der Waals surface area contributed by atoms with Crippen molar-refractivity contribution < 1.29 is 4.21 Å². The molecule has 2 nitrogen and oxygen atoms in total. The molecule has 0 aliphatic rings. The highest BCUT2D eigenvalue weighted by atomic mass is 32.2. The molecule has 0 bridgehead atoms. The lowest BCUT2D eigenvalue weighted by Crippen LogP contribution is -2.17. The van der Waals surface area contributed by atoms with Gasteiger partial charge in [-0.3, -0.25) is 4.21 Å². The van der Waals surface area contributed by atoms with Crippen LogP contribution in [0.15, 0.2) is 29.2 Å². The molecular formula is C13H21NOS. The van der Waals surface area contributed by atoms with Crippen molar-refractivity contribution in [3.8, 4) is 0 Å². The van der Waals surface area contributed by atoms with Gasteiger partial charge in [0.2, 0.25) is 0 Å². The van der Waals surface area contributed by atoms with Crippen LogP contribution in [0.25, 0.3) is 0 Å². The van der Waals surface area contributed by atoms with E-state index in [0.29, 0.717) is 0 Å². The van der Waals surface area contributed by atoms with Crippen LogP contribution >= 0.6 is 0 Å². The number of rotatable bonds is 7. The van der Waals surface area contributed by atoms with Gasteiger partial charge in [0.15, 0.2) is 0 Å². The molecular weight excluding hydrogens is 218 g/mol. The van der Waals surface area contributed by atoms with Crippen molar-refractivity contribution in [1.82, 2.24) is 5.32 Å². The van der Waals surface area contributed by atoms with Crippen LogP contribution in [0, 0.1) is 6.92 Å². The fourth-order valence-corrected chi connectivity index (χ4v) is 2.52. The number of hydrogen-bond acceptors (Lipinski definition) is 2. The molecule has 0 aromatic heterocycles. The van der Waals surface area contributed by atoms with E-state index in [1.807, 2.05) is 31.2 Å². The van der Waals surface area contributed by atoms with E-state index in [1.165, 1.54) is 5.56 Å². The van der Waals surface area contributed by atoms with Gasteiger partial charge in [-0.2, -0.15) is 0 Å². The first-order valence-electron chi connectivity index (χ1n) is 5.90. The molecule has 90 valence electrons. The van der Waals surface area contributed by atoms with Crippen LogP contribution in [-0.4, -0.2) is 23.1 Å². The van der Waals surface area contributed by atoms with Crippen molar-refractivity contribution in [2.45, 2.75) is 31.6 Å². The second kappa shape index (κ2) is 7.58. The Balaban J connectivity index is 2.27. The minimum atomic E-state index is -0.837. The molecule has 0 heterocycles. The third-order valence-electron chi connectivity index (χ3n) is 2.39. The molecule has 0 aliphatic carbocycles. The zero-order valence-corrected chi connectivity index (χ0v) is 11.0. The molecule has 0 amide bonds. The standard InChI is InChI=1S/C13H21NOS/c1-3-9-14-10-4-11-16(15)13-7-5-12(2)6-8-13/h5-8,14H,3-4,9-11H2,1-2H3. The van der Waals surface area contributed by atoms with Gasteiger partial charge in [-0.25, -0.2) is 0 Å². The first-order chi connectivity index (χ1) is 7.74. The lowest BCUT2D eigenvalue weighted by molar-refractivity contribution is 0.652. The Hall–Kier alpha value is -0.670. The van der Waals surface area contributed by atoms with E-state index in [-0.39, 0.29) is 0 Å². The average Bonchev–Trinajstić information content (AvgIpc) is 2.29. The number of hydrogen-bond donors (Lipinski definition) is 1. The number of aryl methyl sites for hydroxylation is 1. The van der Waals surface area contributed by atoms with Gasteiger partial charge in [0.25, 0.3) is 0 Å². The molecule has 1 unspecified atom stereocenters. The van der Waals surface area contributed by atoms with Crippen molar-refractivity contribution in [3.05, 3.63) is 29.8 Å². The van der Waals surface area contributed by atoms with Crippen molar-refractivity contribution in [1.29, 1.82) is 0 Å². The van der Waals surface area contributed by atoms with Gasteiger partial charge in [0.1, 0.15) is 0 Å². The number of nitrogens with one attached hydrogen (secondary N) is 1. The molecule has 16 heavy (non-hydrogen) atoms. The van der Waals surface area contributed by atoms with Crippen molar-refractivity contribution in [2.75, 3.05) is 18.8 Å². The van der Waals surface area contributed by atoms with Crippen LogP contribution in [0.4, 0.5) is 0 Å². The molecule has 0 fully saturated rings. The van der Waals surface area contributed by atoms with Crippen LogP contribution < -0.4 is 5.32 Å². The molecule has 0 spiro atoms. The average molecular weight is 239 g/mol. The molecule has 0 saturated carbocycles. The summed E-state index contributed by atoms with van der Waals surface area (Å²) >= 11 is 0. The van der Waals surface area contributed by atoms with Crippen LogP contribution in [0.1, 0.15) is 25.3 Å². The second-order valence-corrected chi connectivity index (χ2v) is 5.54. The normalized spacial score (nSPS) is 12.6. The minimum Gasteiger partial charge on any atom is -0.317 e. The Morgan fingerprint density at radius 2 is 1.88 bits per heavy atom. The van der Waals surface area contributed by atoms with Crippen LogP contribution in [0.2, 0.25) is 0 Å². The lowest BCUT2D eigenvalue weighted by atomic mass is 10.2. The van der Waals surface area contributed by atoms with Crippen LogP contribution in [0.5, 0.6) is 0 Å². The second-order valence-electron chi connectivity index (χ2n) is 3.97. The molecule has 0 saturated heterocycles. The van der Waals surface area contributed by atoms with E-state index in [1.54, 1.807) is 0 Å². The largest absolute Gasteiger partial charge is 0.317 e. The van der Waals surface area contributed by atoms with Gasteiger partial charge in [0.05, 0.1) is 10.8 Å². The quantitative estimate of drug-likeness (QED) is 0.741. The maximum atomic E-state index is 11.9. The minimum absolute atomic E-state index is 0.750. The summed E-state index contributed by atoms with van der Waals surface area (Å²) in [5.41, 5.74) is 1.21. The van der Waals surface area contributed by atoms with Gasteiger partial charge < -0.3 is 5.32 Å². The third kappa shape index (κ3) is 4.90. The Morgan fingerprint density at radius 3 is 2.50 bits per heavy atom. The maximum Gasteiger partial charge on any atom is 0.0529 e. The highest BCUT2D eigenvalue weighted by Crippen LogP contribution is 2.08. The van der Waals surface area contributed by atoms with Crippen LogP contribution in [0.3, 0.4) is 0 Å². The number of benzene rings is 1. The molecule has 0 radical (unpaired) electrons. The highest BCUT2D eigenvalue weighted by Gasteiger charge is 2.02. The molecule has 1 rings (SSSR count). The first-order valence-corrected chi connectivity index (χ1v) is 7.21. The van der Waals surface area contributed by atoms with E-state index < -0.39 is 10.8 Å². The summed E-state index contributed by atoms with van der Waals surface area (Å²) in [4.78, 5) is 0.945. The van der Waals surface area contributed by atoms with Crippen molar-refractivity contribution in [3.63, 3.8) is 0 Å². The Kier molecular flexibility index (Phi) is 6.34. The summed E-state index contributed by atoms with van der Waals surface area (Å²) < 4.78 is 11.9. The predicted octanol–water partition coefficient (Wildman–Crippen LogP) is 2.49. The summed E-state index contributed by atoms with van der Waals surface area (Å²) in [7, 11) is -0.837. The lowest BCUT2D eigenvalue weighted by Gasteiger charge is -2.04. The van der Waals surface area contributed by atoms with E-state index in [9.17, 15) is 4.21 Å². The Bertz CT molecular complexity index is 321. The predicted molar refractivity (Wildman–Crippen MR) is 70.2 cm³/mol. The van der Waals surface area contributed by atoms with E-state index in [2.05, 4.69) is 12.2 Å². The summed E-state index contributed by atoms with van der Waals surface area (Å²) in [6.07, 6.45) is 2.13. The van der Waals surface area contributed by atoms with Gasteiger partial charge >= 0.3 is 0 Å². The SMILES string of the molecule is CCCNCCCS(=O)c1ccc(C)cc1. The molecule has 3 heteroatoms.